The quantitative estimate of drug-likeness (QED) is 0.811. The molecule has 0 aromatic heterocycles. The van der Waals surface area contributed by atoms with Crippen LogP contribution in [0.15, 0.2) is 47.4 Å². The Hall–Kier alpha value is -1.65. The molecule has 2 aromatic rings. The first-order valence-electron chi connectivity index (χ1n) is 8.87. The van der Waals surface area contributed by atoms with Gasteiger partial charge in [0.05, 0.1) is 20.3 Å². The van der Waals surface area contributed by atoms with E-state index in [1.807, 2.05) is 11.8 Å². The molecule has 0 amide bonds. The molecule has 4 heteroatoms. The van der Waals surface area contributed by atoms with Crippen molar-refractivity contribution in [3.8, 4) is 11.5 Å². The molecule has 2 aromatic carbocycles. The molecule has 1 unspecified atom stereocenters. The van der Waals surface area contributed by atoms with Gasteiger partial charge in [0, 0.05) is 16.2 Å². The van der Waals surface area contributed by atoms with Gasteiger partial charge in [0.25, 0.3) is 0 Å². The molecule has 0 saturated heterocycles. The number of methoxy groups -OCH3 is 2. The molecule has 1 aliphatic rings. The number of fused-ring (bicyclic) bond motifs is 1. The fourth-order valence-corrected chi connectivity index (χ4v) is 4.89. The Labute approximate surface area is 155 Å². The van der Waals surface area contributed by atoms with E-state index < -0.39 is 0 Å². The monoisotopic (exact) mass is 357 g/mol. The summed E-state index contributed by atoms with van der Waals surface area (Å²) >= 11 is 1.91. The highest BCUT2D eigenvalue weighted by Gasteiger charge is 2.35. The van der Waals surface area contributed by atoms with Gasteiger partial charge in [0.1, 0.15) is 0 Å². The number of hydrogen-bond acceptors (Lipinski definition) is 4. The van der Waals surface area contributed by atoms with Crippen molar-refractivity contribution >= 4 is 11.8 Å². The highest BCUT2D eigenvalue weighted by atomic mass is 32.2. The zero-order valence-electron chi connectivity index (χ0n) is 15.5. The standard InChI is InChI=1S/C21H27NO2S/c1-5-21(6-2)14-25-19-13-18(24-4)17(23-3)12-16(19)20(22-21)15-10-8-7-9-11-15/h7-13,20,22H,5-6,14H2,1-4H3. The molecular formula is C21H27NO2S. The summed E-state index contributed by atoms with van der Waals surface area (Å²) in [6.45, 7) is 4.55. The Kier molecular flexibility index (Phi) is 5.60. The summed E-state index contributed by atoms with van der Waals surface area (Å²) in [7, 11) is 3.39. The number of hydrogen-bond donors (Lipinski definition) is 1. The van der Waals surface area contributed by atoms with E-state index in [1.165, 1.54) is 16.0 Å². The summed E-state index contributed by atoms with van der Waals surface area (Å²) in [5, 5.41) is 3.97. The van der Waals surface area contributed by atoms with Gasteiger partial charge in [0.2, 0.25) is 0 Å². The van der Waals surface area contributed by atoms with Gasteiger partial charge in [-0.15, -0.1) is 11.8 Å². The summed E-state index contributed by atoms with van der Waals surface area (Å²) in [5.74, 6) is 2.62. The molecule has 0 spiro atoms. The molecule has 1 heterocycles. The molecule has 1 aliphatic heterocycles. The van der Waals surface area contributed by atoms with Gasteiger partial charge in [-0.2, -0.15) is 0 Å². The summed E-state index contributed by atoms with van der Waals surface area (Å²) in [4.78, 5) is 1.27. The van der Waals surface area contributed by atoms with Crippen LogP contribution in [0.25, 0.3) is 0 Å². The third-order valence-corrected chi connectivity index (χ3v) is 6.63. The molecule has 3 nitrogen and oxygen atoms in total. The lowest BCUT2D eigenvalue weighted by molar-refractivity contribution is 0.315. The largest absolute Gasteiger partial charge is 0.493 e. The minimum Gasteiger partial charge on any atom is -0.493 e. The molecule has 0 saturated carbocycles. The predicted molar refractivity (Wildman–Crippen MR) is 105 cm³/mol. The van der Waals surface area contributed by atoms with Crippen LogP contribution in [-0.4, -0.2) is 25.5 Å². The van der Waals surface area contributed by atoms with Crippen LogP contribution < -0.4 is 14.8 Å². The molecule has 3 rings (SSSR count). The minimum atomic E-state index is 0.116. The lowest BCUT2D eigenvalue weighted by Gasteiger charge is -2.35. The fourth-order valence-electron chi connectivity index (χ4n) is 3.43. The van der Waals surface area contributed by atoms with Crippen molar-refractivity contribution in [1.29, 1.82) is 0 Å². The van der Waals surface area contributed by atoms with Crippen LogP contribution in [0.4, 0.5) is 0 Å². The zero-order valence-corrected chi connectivity index (χ0v) is 16.3. The normalized spacial score (nSPS) is 19.0. The maximum absolute atomic E-state index is 5.57. The van der Waals surface area contributed by atoms with Gasteiger partial charge in [0.15, 0.2) is 11.5 Å². The maximum Gasteiger partial charge on any atom is 0.161 e. The third-order valence-electron chi connectivity index (χ3n) is 5.27. The van der Waals surface area contributed by atoms with Crippen molar-refractivity contribution in [3.63, 3.8) is 0 Å². The summed E-state index contributed by atoms with van der Waals surface area (Å²) in [6.07, 6.45) is 2.20. The van der Waals surface area contributed by atoms with E-state index in [4.69, 9.17) is 9.47 Å². The number of benzene rings is 2. The van der Waals surface area contributed by atoms with E-state index in [2.05, 4.69) is 61.6 Å². The van der Waals surface area contributed by atoms with E-state index in [0.717, 1.165) is 30.1 Å². The molecule has 0 radical (unpaired) electrons. The van der Waals surface area contributed by atoms with Crippen molar-refractivity contribution in [2.45, 2.75) is 43.2 Å². The van der Waals surface area contributed by atoms with E-state index in [9.17, 15) is 0 Å². The Morgan fingerprint density at radius 2 is 1.68 bits per heavy atom. The van der Waals surface area contributed by atoms with Crippen LogP contribution in [0.3, 0.4) is 0 Å². The molecule has 134 valence electrons. The van der Waals surface area contributed by atoms with Crippen molar-refractivity contribution in [3.05, 3.63) is 53.6 Å². The van der Waals surface area contributed by atoms with Gasteiger partial charge in [-0.1, -0.05) is 44.2 Å². The molecular weight excluding hydrogens is 330 g/mol. The summed E-state index contributed by atoms with van der Waals surface area (Å²) in [5.41, 5.74) is 2.66. The smallest absolute Gasteiger partial charge is 0.161 e. The molecule has 1 N–H and O–H groups in total. The average molecular weight is 358 g/mol. The SMILES string of the molecule is CCC1(CC)CSc2cc(OC)c(OC)cc2C(c2ccccc2)N1. The minimum absolute atomic E-state index is 0.116. The average Bonchev–Trinajstić information content (AvgIpc) is 2.84. The van der Waals surface area contributed by atoms with Gasteiger partial charge in [-0.05, 0) is 36.1 Å². The van der Waals surface area contributed by atoms with Crippen LogP contribution in [0.2, 0.25) is 0 Å². The van der Waals surface area contributed by atoms with Gasteiger partial charge < -0.3 is 9.47 Å². The number of ether oxygens (including phenoxy) is 2. The first kappa shape index (κ1) is 18.2. The second-order valence-corrected chi connectivity index (χ2v) is 7.53. The van der Waals surface area contributed by atoms with Crippen molar-refractivity contribution in [1.82, 2.24) is 5.32 Å². The Morgan fingerprint density at radius 1 is 1.04 bits per heavy atom. The first-order chi connectivity index (χ1) is 12.2. The summed E-state index contributed by atoms with van der Waals surface area (Å²) in [6, 6.07) is 15.1. The van der Waals surface area contributed by atoms with Gasteiger partial charge >= 0.3 is 0 Å². The zero-order chi connectivity index (χ0) is 17.9. The lowest BCUT2D eigenvalue weighted by Crippen LogP contribution is -2.47. The molecule has 0 aliphatic carbocycles. The highest BCUT2D eigenvalue weighted by Crippen LogP contribution is 2.44. The van der Waals surface area contributed by atoms with E-state index in [1.54, 1.807) is 14.2 Å². The topological polar surface area (TPSA) is 30.5 Å². The number of rotatable bonds is 5. The van der Waals surface area contributed by atoms with Crippen LogP contribution >= 0.6 is 11.8 Å². The van der Waals surface area contributed by atoms with Crippen LogP contribution in [0.5, 0.6) is 11.5 Å². The molecule has 0 fully saturated rings. The van der Waals surface area contributed by atoms with Crippen LogP contribution in [-0.2, 0) is 0 Å². The van der Waals surface area contributed by atoms with Crippen molar-refractivity contribution < 1.29 is 9.47 Å². The molecule has 25 heavy (non-hydrogen) atoms. The maximum atomic E-state index is 5.57. The Balaban J connectivity index is 2.16. The Bertz CT molecular complexity index is 713. The summed E-state index contributed by atoms with van der Waals surface area (Å²) < 4.78 is 11.1. The van der Waals surface area contributed by atoms with E-state index >= 15 is 0 Å². The number of thioether (sulfide) groups is 1. The highest BCUT2D eigenvalue weighted by molar-refractivity contribution is 7.99. The van der Waals surface area contributed by atoms with E-state index in [-0.39, 0.29) is 11.6 Å². The van der Waals surface area contributed by atoms with Crippen LogP contribution in [0.1, 0.15) is 43.9 Å². The van der Waals surface area contributed by atoms with Gasteiger partial charge in [-0.3, -0.25) is 5.32 Å². The first-order valence-corrected chi connectivity index (χ1v) is 9.86. The van der Waals surface area contributed by atoms with Crippen molar-refractivity contribution in [2.24, 2.45) is 0 Å². The van der Waals surface area contributed by atoms with Gasteiger partial charge in [-0.25, -0.2) is 0 Å². The van der Waals surface area contributed by atoms with E-state index in [0.29, 0.717) is 0 Å². The third kappa shape index (κ3) is 3.51. The second kappa shape index (κ2) is 7.71. The van der Waals surface area contributed by atoms with Crippen molar-refractivity contribution in [2.75, 3.05) is 20.0 Å². The lowest BCUT2D eigenvalue weighted by atomic mass is 9.90. The predicted octanol–water partition coefficient (Wildman–Crippen LogP) is 5.05. The second-order valence-electron chi connectivity index (χ2n) is 6.51. The molecule has 1 atom stereocenters. The van der Waals surface area contributed by atoms with Crippen LogP contribution in [0, 0.1) is 0 Å². The molecule has 0 bridgehead atoms. The number of nitrogens with one attached hydrogen (secondary N) is 1. The Morgan fingerprint density at radius 3 is 2.28 bits per heavy atom. The fraction of sp³-hybridized carbons (Fsp3) is 0.429.